The Morgan fingerprint density at radius 2 is 1.39 bits per heavy atom. The Morgan fingerprint density at radius 1 is 0.806 bits per heavy atom. The Kier molecular flexibility index (Phi) is 3.98. The fourth-order valence-electron chi connectivity index (χ4n) is 5.71. The normalized spacial score (nSPS) is 30.5. The van der Waals surface area contributed by atoms with Gasteiger partial charge in [0.05, 0.1) is 17.5 Å². The fourth-order valence-corrected chi connectivity index (χ4v) is 7.08. The molecule has 31 heavy (non-hydrogen) atoms. The highest BCUT2D eigenvalue weighted by molar-refractivity contribution is 8.00. The largest absolute Gasteiger partial charge is 0.342 e. The summed E-state index contributed by atoms with van der Waals surface area (Å²) in [6.45, 7) is 2.07. The van der Waals surface area contributed by atoms with Gasteiger partial charge in [0.1, 0.15) is 5.60 Å². The lowest BCUT2D eigenvalue weighted by molar-refractivity contribution is -0.128. The summed E-state index contributed by atoms with van der Waals surface area (Å²) in [5.74, 6) is -0.751. The molecule has 5 heteroatoms. The van der Waals surface area contributed by atoms with Crippen molar-refractivity contribution in [2.45, 2.75) is 17.5 Å². The molecule has 0 N–H and O–H groups in total. The zero-order valence-corrected chi connectivity index (χ0v) is 17.8. The van der Waals surface area contributed by atoms with Gasteiger partial charge in [0.25, 0.3) is 0 Å². The van der Waals surface area contributed by atoms with Crippen LogP contribution in [0, 0.1) is 11.8 Å². The van der Waals surface area contributed by atoms with Gasteiger partial charge in [-0.25, -0.2) is 4.90 Å². The SMILES string of the molecule is CCS[C@@]12O[C@@](c3ccccc3)(c3ccccc31)C1C(=O)N(c3ccccc3)C(=O)C12. The number of imide groups is 1. The van der Waals surface area contributed by atoms with Gasteiger partial charge < -0.3 is 4.74 Å². The van der Waals surface area contributed by atoms with Crippen molar-refractivity contribution < 1.29 is 14.3 Å². The third kappa shape index (κ3) is 2.20. The Bertz CT molecular complexity index is 1200. The highest BCUT2D eigenvalue weighted by Gasteiger charge is 2.78. The maximum absolute atomic E-state index is 13.9. The Morgan fingerprint density at radius 3 is 2.06 bits per heavy atom. The van der Waals surface area contributed by atoms with Crippen molar-refractivity contribution in [3.63, 3.8) is 0 Å². The summed E-state index contributed by atoms with van der Waals surface area (Å²) in [6, 6.07) is 27.2. The van der Waals surface area contributed by atoms with Gasteiger partial charge in [0, 0.05) is 5.56 Å². The van der Waals surface area contributed by atoms with Gasteiger partial charge >= 0.3 is 0 Å². The molecule has 0 radical (unpaired) electrons. The first-order chi connectivity index (χ1) is 15.1. The van der Waals surface area contributed by atoms with Gasteiger partial charge in [-0.1, -0.05) is 79.7 Å². The summed E-state index contributed by atoms with van der Waals surface area (Å²) in [6.07, 6.45) is 0. The van der Waals surface area contributed by atoms with Crippen molar-refractivity contribution in [2.75, 3.05) is 10.7 Å². The van der Waals surface area contributed by atoms with Crippen LogP contribution in [0.2, 0.25) is 0 Å². The number of amides is 2. The second kappa shape index (κ2) is 6.55. The van der Waals surface area contributed by atoms with E-state index in [9.17, 15) is 9.59 Å². The Hall–Kier alpha value is -2.89. The summed E-state index contributed by atoms with van der Waals surface area (Å²) in [5, 5.41) is 0. The molecule has 0 aromatic heterocycles. The van der Waals surface area contributed by atoms with E-state index in [4.69, 9.17) is 4.74 Å². The van der Waals surface area contributed by atoms with Crippen LogP contribution < -0.4 is 4.90 Å². The second-order valence-electron chi connectivity index (χ2n) is 8.15. The molecular formula is C26H21NO3S. The van der Waals surface area contributed by atoms with Crippen LogP contribution in [0.3, 0.4) is 0 Å². The molecule has 3 heterocycles. The predicted octanol–water partition coefficient (Wildman–Crippen LogP) is 4.69. The highest BCUT2D eigenvalue weighted by Crippen LogP contribution is 2.72. The first-order valence-electron chi connectivity index (χ1n) is 10.6. The summed E-state index contributed by atoms with van der Waals surface area (Å²) < 4.78 is 6.93. The molecule has 2 bridgehead atoms. The van der Waals surface area contributed by atoms with Crippen molar-refractivity contribution in [2.24, 2.45) is 11.8 Å². The van der Waals surface area contributed by atoms with E-state index in [1.54, 1.807) is 11.8 Å². The Balaban J connectivity index is 1.64. The summed E-state index contributed by atoms with van der Waals surface area (Å²) >= 11 is 1.62. The summed E-state index contributed by atoms with van der Waals surface area (Å²) in [4.78, 5) is 28.3. The summed E-state index contributed by atoms with van der Waals surface area (Å²) in [7, 11) is 0. The minimum Gasteiger partial charge on any atom is -0.342 e. The first-order valence-corrected chi connectivity index (χ1v) is 11.6. The van der Waals surface area contributed by atoms with E-state index in [-0.39, 0.29) is 11.8 Å². The van der Waals surface area contributed by atoms with Crippen LogP contribution in [0.1, 0.15) is 23.6 Å². The molecule has 3 aromatic carbocycles. The number of rotatable bonds is 4. The van der Waals surface area contributed by atoms with E-state index in [0.717, 1.165) is 22.4 Å². The second-order valence-corrected chi connectivity index (χ2v) is 9.63. The number of hydrogen-bond acceptors (Lipinski definition) is 4. The van der Waals surface area contributed by atoms with E-state index >= 15 is 0 Å². The molecule has 6 rings (SSSR count). The predicted molar refractivity (Wildman–Crippen MR) is 120 cm³/mol. The van der Waals surface area contributed by atoms with E-state index in [2.05, 4.69) is 19.1 Å². The lowest BCUT2D eigenvalue weighted by atomic mass is 9.67. The number of fused-ring (bicyclic) bond motifs is 8. The minimum atomic E-state index is -0.971. The van der Waals surface area contributed by atoms with Gasteiger partial charge in [-0.05, 0) is 29.0 Å². The standard InChI is InChI=1S/C26H21NO3S/c1-2-31-26-20-16-10-9-15-19(20)25(30-26,17-11-5-3-6-12-17)21-22(26)24(29)27(23(21)28)18-13-7-4-8-14-18/h3-16,21-22H,2H2,1H3/t21?,22?,25-,26-/m0/s1. The van der Waals surface area contributed by atoms with Crippen molar-refractivity contribution in [3.05, 3.63) is 102 Å². The maximum atomic E-state index is 13.9. The average molecular weight is 428 g/mol. The molecule has 2 unspecified atom stereocenters. The van der Waals surface area contributed by atoms with Crippen LogP contribution in [-0.2, 0) is 24.9 Å². The van der Waals surface area contributed by atoms with Gasteiger partial charge in [-0.2, -0.15) is 0 Å². The number of hydrogen-bond donors (Lipinski definition) is 0. The van der Waals surface area contributed by atoms with Gasteiger partial charge in [-0.3, -0.25) is 9.59 Å². The third-order valence-electron chi connectivity index (χ3n) is 6.74. The number of anilines is 1. The highest BCUT2D eigenvalue weighted by atomic mass is 32.2. The quantitative estimate of drug-likeness (QED) is 0.567. The zero-order valence-electron chi connectivity index (χ0n) is 17.0. The fraction of sp³-hybridized carbons (Fsp3) is 0.231. The Labute approximate surface area is 185 Å². The average Bonchev–Trinajstić information content (AvgIpc) is 3.39. The molecule has 4 atom stereocenters. The van der Waals surface area contributed by atoms with Gasteiger partial charge in [-0.15, -0.1) is 11.8 Å². The molecule has 2 amide bonds. The van der Waals surface area contributed by atoms with Gasteiger partial charge in [0.15, 0.2) is 4.93 Å². The number of para-hydroxylation sites is 1. The monoisotopic (exact) mass is 427 g/mol. The molecule has 3 aliphatic rings. The van der Waals surface area contributed by atoms with Crippen molar-refractivity contribution in [1.29, 1.82) is 0 Å². The molecule has 3 aromatic rings. The lowest BCUT2D eigenvalue weighted by Gasteiger charge is -2.33. The number of benzene rings is 3. The molecule has 3 aliphatic heterocycles. The topological polar surface area (TPSA) is 46.6 Å². The van der Waals surface area contributed by atoms with Crippen LogP contribution in [0.25, 0.3) is 0 Å². The van der Waals surface area contributed by atoms with Gasteiger partial charge in [0.2, 0.25) is 11.8 Å². The summed E-state index contributed by atoms with van der Waals surface area (Å²) in [5.41, 5.74) is 2.59. The van der Waals surface area contributed by atoms with Crippen molar-refractivity contribution in [1.82, 2.24) is 0 Å². The first kappa shape index (κ1) is 18.8. The van der Waals surface area contributed by atoms with E-state index < -0.39 is 22.4 Å². The third-order valence-corrected chi connectivity index (χ3v) is 8.02. The van der Waals surface area contributed by atoms with Crippen LogP contribution in [0.4, 0.5) is 5.69 Å². The smallest absolute Gasteiger partial charge is 0.242 e. The minimum absolute atomic E-state index is 0.172. The molecule has 2 fully saturated rings. The van der Waals surface area contributed by atoms with Crippen LogP contribution in [0.15, 0.2) is 84.9 Å². The van der Waals surface area contributed by atoms with Crippen molar-refractivity contribution in [3.8, 4) is 0 Å². The van der Waals surface area contributed by atoms with Crippen LogP contribution in [0.5, 0.6) is 0 Å². The number of carbonyl (C=O) groups is 2. The van der Waals surface area contributed by atoms with Crippen LogP contribution >= 0.6 is 11.8 Å². The van der Waals surface area contributed by atoms with Crippen LogP contribution in [-0.4, -0.2) is 17.6 Å². The van der Waals surface area contributed by atoms with E-state index in [0.29, 0.717) is 5.69 Å². The number of thioether (sulfide) groups is 1. The molecular weight excluding hydrogens is 406 g/mol. The molecule has 0 aliphatic carbocycles. The number of ether oxygens (including phenoxy) is 1. The van der Waals surface area contributed by atoms with E-state index in [1.165, 1.54) is 4.90 Å². The molecule has 0 saturated carbocycles. The number of carbonyl (C=O) groups excluding carboxylic acids is 2. The molecule has 0 spiro atoms. The number of nitrogens with zero attached hydrogens (tertiary/aromatic N) is 1. The molecule has 2 saturated heterocycles. The van der Waals surface area contributed by atoms with E-state index in [1.807, 2.05) is 72.8 Å². The zero-order chi connectivity index (χ0) is 21.2. The molecule has 154 valence electrons. The lowest BCUT2D eigenvalue weighted by Crippen LogP contribution is -2.41. The molecule has 4 nitrogen and oxygen atoms in total. The van der Waals surface area contributed by atoms with Crippen molar-refractivity contribution >= 4 is 29.3 Å². The maximum Gasteiger partial charge on any atom is 0.242 e.